The number of nitrogens with one attached hydrogen (secondary N) is 1. The third kappa shape index (κ3) is 16.1. The summed E-state index contributed by atoms with van der Waals surface area (Å²) in [5, 5.41) is 2.88. The van der Waals surface area contributed by atoms with Crippen molar-refractivity contribution >= 4 is 5.97 Å². The second-order valence-corrected chi connectivity index (χ2v) is 6.76. The molecule has 0 radical (unpaired) electrons. The highest BCUT2D eigenvalue weighted by Gasteiger charge is 2.13. The van der Waals surface area contributed by atoms with Gasteiger partial charge in [-0.05, 0) is 32.7 Å². The molecule has 0 bridgehead atoms. The average Bonchev–Trinajstić information content (AvgIpc) is 2.53. The molecule has 0 fully saturated rings. The van der Waals surface area contributed by atoms with Crippen LogP contribution in [0.3, 0.4) is 0 Å². The van der Waals surface area contributed by atoms with Gasteiger partial charge >= 0.3 is 5.97 Å². The molecule has 3 nitrogen and oxygen atoms in total. The Labute approximate surface area is 144 Å². The Morgan fingerprint density at radius 1 is 0.783 bits per heavy atom. The third-order valence-corrected chi connectivity index (χ3v) is 4.38. The Bertz CT molecular complexity index is 240. The van der Waals surface area contributed by atoms with E-state index in [-0.39, 0.29) is 12.1 Å². The lowest BCUT2D eigenvalue weighted by atomic mass is 10.0. The van der Waals surface area contributed by atoms with Gasteiger partial charge in [0.2, 0.25) is 0 Å². The SMILES string of the molecule is CCCCCCCCC(CCCCCCCC)OC(=O)CNC. The monoisotopic (exact) mass is 327 g/mol. The zero-order chi connectivity index (χ0) is 17.2. The van der Waals surface area contributed by atoms with Crippen LogP contribution in [-0.4, -0.2) is 25.7 Å². The van der Waals surface area contributed by atoms with Crippen LogP contribution in [0.1, 0.15) is 104 Å². The number of rotatable bonds is 17. The van der Waals surface area contributed by atoms with Crippen molar-refractivity contribution in [3.05, 3.63) is 0 Å². The van der Waals surface area contributed by atoms with Crippen LogP contribution in [0.5, 0.6) is 0 Å². The molecule has 138 valence electrons. The van der Waals surface area contributed by atoms with Gasteiger partial charge in [0.25, 0.3) is 0 Å². The first kappa shape index (κ1) is 22.4. The molecule has 0 aliphatic heterocycles. The topological polar surface area (TPSA) is 38.3 Å². The fourth-order valence-corrected chi connectivity index (χ4v) is 2.94. The van der Waals surface area contributed by atoms with E-state index < -0.39 is 0 Å². The van der Waals surface area contributed by atoms with Crippen molar-refractivity contribution in [1.29, 1.82) is 0 Å². The number of carbonyl (C=O) groups excluding carboxylic acids is 1. The van der Waals surface area contributed by atoms with Gasteiger partial charge in [0.1, 0.15) is 6.10 Å². The lowest BCUT2D eigenvalue weighted by molar-refractivity contribution is -0.148. The lowest BCUT2D eigenvalue weighted by Gasteiger charge is -2.18. The van der Waals surface area contributed by atoms with Gasteiger partial charge in [0, 0.05) is 0 Å². The minimum Gasteiger partial charge on any atom is -0.461 e. The van der Waals surface area contributed by atoms with Crippen LogP contribution in [-0.2, 0) is 9.53 Å². The van der Waals surface area contributed by atoms with Crippen LogP contribution >= 0.6 is 0 Å². The molecule has 1 N–H and O–H groups in total. The molecular weight excluding hydrogens is 286 g/mol. The highest BCUT2D eigenvalue weighted by molar-refractivity contribution is 5.71. The van der Waals surface area contributed by atoms with E-state index in [9.17, 15) is 4.79 Å². The number of carbonyl (C=O) groups is 1. The third-order valence-electron chi connectivity index (χ3n) is 4.38. The van der Waals surface area contributed by atoms with Crippen LogP contribution in [0.25, 0.3) is 0 Å². The number of hydrogen-bond donors (Lipinski definition) is 1. The molecule has 0 heterocycles. The van der Waals surface area contributed by atoms with E-state index in [1.165, 1.54) is 77.0 Å². The average molecular weight is 328 g/mol. The summed E-state index contributed by atoms with van der Waals surface area (Å²) in [7, 11) is 1.79. The van der Waals surface area contributed by atoms with Crippen molar-refractivity contribution in [2.75, 3.05) is 13.6 Å². The Hall–Kier alpha value is -0.570. The van der Waals surface area contributed by atoms with Crippen molar-refractivity contribution in [3.8, 4) is 0 Å². The van der Waals surface area contributed by atoms with E-state index in [2.05, 4.69) is 19.2 Å². The van der Waals surface area contributed by atoms with E-state index in [1.807, 2.05) is 0 Å². The second-order valence-electron chi connectivity index (χ2n) is 6.76. The predicted molar refractivity (Wildman–Crippen MR) is 99.8 cm³/mol. The van der Waals surface area contributed by atoms with Crippen molar-refractivity contribution in [2.24, 2.45) is 0 Å². The van der Waals surface area contributed by atoms with Gasteiger partial charge in [-0.2, -0.15) is 0 Å². The Kier molecular flexibility index (Phi) is 17.3. The number of ether oxygens (including phenoxy) is 1. The van der Waals surface area contributed by atoms with E-state index in [0.717, 1.165) is 12.8 Å². The summed E-state index contributed by atoms with van der Waals surface area (Å²) in [6.45, 7) is 4.82. The standard InChI is InChI=1S/C20H41NO2/c1-4-6-8-10-12-14-16-19(23-20(22)18-21-3)17-15-13-11-9-7-5-2/h19,21H,4-18H2,1-3H3. The summed E-state index contributed by atoms with van der Waals surface area (Å²) in [5.74, 6) is -0.102. The maximum atomic E-state index is 11.7. The normalized spacial score (nSPS) is 11.1. The Balaban J connectivity index is 3.86. The van der Waals surface area contributed by atoms with E-state index in [4.69, 9.17) is 4.74 Å². The van der Waals surface area contributed by atoms with Crippen molar-refractivity contribution in [1.82, 2.24) is 5.32 Å². The van der Waals surface area contributed by atoms with Crippen molar-refractivity contribution < 1.29 is 9.53 Å². The van der Waals surface area contributed by atoms with Gasteiger partial charge < -0.3 is 10.1 Å². The second kappa shape index (κ2) is 17.8. The molecule has 0 atom stereocenters. The molecule has 0 amide bonds. The fraction of sp³-hybridized carbons (Fsp3) is 0.950. The molecule has 0 unspecified atom stereocenters. The molecule has 0 aliphatic rings. The van der Waals surface area contributed by atoms with Crippen LogP contribution in [0.4, 0.5) is 0 Å². The number of unbranched alkanes of at least 4 members (excludes halogenated alkanes) is 10. The molecule has 0 saturated heterocycles. The van der Waals surface area contributed by atoms with Gasteiger partial charge in [-0.1, -0.05) is 78.1 Å². The van der Waals surface area contributed by atoms with Gasteiger partial charge in [0.05, 0.1) is 6.54 Å². The van der Waals surface area contributed by atoms with Crippen molar-refractivity contribution in [2.45, 2.75) is 110 Å². The van der Waals surface area contributed by atoms with Gasteiger partial charge in [-0.25, -0.2) is 0 Å². The van der Waals surface area contributed by atoms with Gasteiger partial charge in [0.15, 0.2) is 0 Å². The van der Waals surface area contributed by atoms with E-state index in [1.54, 1.807) is 7.05 Å². The van der Waals surface area contributed by atoms with Crippen LogP contribution < -0.4 is 5.32 Å². The molecule has 0 aromatic heterocycles. The quantitative estimate of drug-likeness (QED) is 0.278. The summed E-state index contributed by atoms with van der Waals surface area (Å²) >= 11 is 0. The van der Waals surface area contributed by atoms with Crippen LogP contribution in [0.2, 0.25) is 0 Å². The molecular formula is C20H41NO2. The summed E-state index contributed by atoms with van der Waals surface area (Å²) in [6, 6.07) is 0. The zero-order valence-electron chi connectivity index (χ0n) is 16.0. The minimum absolute atomic E-state index is 0.102. The largest absolute Gasteiger partial charge is 0.461 e. The summed E-state index contributed by atoms with van der Waals surface area (Å²) < 4.78 is 5.64. The predicted octanol–water partition coefficient (Wildman–Crippen LogP) is 5.62. The van der Waals surface area contributed by atoms with Crippen molar-refractivity contribution in [3.63, 3.8) is 0 Å². The molecule has 0 saturated carbocycles. The first-order valence-corrected chi connectivity index (χ1v) is 10.1. The van der Waals surface area contributed by atoms with E-state index >= 15 is 0 Å². The molecule has 23 heavy (non-hydrogen) atoms. The van der Waals surface area contributed by atoms with Gasteiger partial charge in [-0.3, -0.25) is 4.79 Å². The fourth-order valence-electron chi connectivity index (χ4n) is 2.94. The molecule has 3 heteroatoms. The minimum atomic E-state index is -0.102. The number of esters is 1. The summed E-state index contributed by atoms with van der Waals surface area (Å²) in [6.07, 6.45) is 17.8. The smallest absolute Gasteiger partial charge is 0.320 e. The molecule has 0 rings (SSSR count). The summed E-state index contributed by atoms with van der Waals surface area (Å²) in [5.41, 5.74) is 0. The highest BCUT2D eigenvalue weighted by Crippen LogP contribution is 2.16. The first-order valence-electron chi connectivity index (χ1n) is 10.1. The van der Waals surface area contributed by atoms with Crippen LogP contribution in [0, 0.1) is 0 Å². The maximum absolute atomic E-state index is 11.7. The maximum Gasteiger partial charge on any atom is 0.320 e. The summed E-state index contributed by atoms with van der Waals surface area (Å²) in [4.78, 5) is 11.7. The van der Waals surface area contributed by atoms with Crippen LogP contribution in [0.15, 0.2) is 0 Å². The molecule has 0 aliphatic carbocycles. The van der Waals surface area contributed by atoms with Gasteiger partial charge in [-0.15, -0.1) is 0 Å². The first-order chi connectivity index (χ1) is 11.2. The zero-order valence-corrected chi connectivity index (χ0v) is 16.0. The lowest BCUT2D eigenvalue weighted by Crippen LogP contribution is -2.26. The molecule has 0 aromatic rings. The Morgan fingerprint density at radius 2 is 1.22 bits per heavy atom. The number of likely N-dealkylation sites (N-methyl/N-ethyl adjacent to an activating group) is 1. The number of hydrogen-bond acceptors (Lipinski definition) is 3. The molecule has 0 aromatic carbocycles. The molecule has 0 spiro atoms. The highest BCUT2D eigenvalue weighted by atomic mass is 16.5. The van der Waals surface area contributed by atoms with E-state index in [0.29, 0.717) is 6.54 Å². The Morgan fingerprint density at radius 3 is 1.65 bits per heavy atom.